The number of phenolic OH excluding ortho intramolecular Hbond substituents is 1. The summed E-state index contributed by atoms with van der Waals surface area (Å²) < 4.78 is 10.7. The van der Waals surface area contributed by atoms with Crippen molar-refractivity contribution in [2.75, 3.05) is 40.9 Å². The van der Waals surface area contributed by atoms with Gasteiger partial charge in [0.25, 0.3) is 0 Å². The second-order valence-electron chi connectivity index (χ2n) is 7.62. The number of likely N-dealkylation sites (N-methyl/N-ethyl adjacent to an activating group) is 1. The van der Waals surface area contributed by atoms with E-state index in [2.05, 4.69) is 35.0 Å². The van der Waals surface area contributed by atoms with E-state index in [1.54, 1.807) is 20.3 Å². The Kier molecular flexibility index (Phi) is 7.18. The number of ether oxygens (including phenoxy) is 2. The summed E-state index contributed by atoms with van der Waals surface area (Å²) in [6.45, 7) is 4.10. The number of hydrogen-bond donors (Lipinski definition) is 1. The second-order valence-corrected chi connectivity index (χ2v) is 7.62. The predicted octanol–water partition coefficient (Wildman–Crippen LogP) is 3.55. The molecule has 5 nitrogen and oxygen atoms in total. The topological polar surface area (TPSA) is 45.2 Å². The maximum atomic E-state index is 9.69. The molecule has 152 valence electrons. The molecule has 1 saturated heterocycles. The van der Waals surface area contributed by atoms with Crippen LogP contribution in [0.2, 0.25) is 0 Å². The lowest BCUT2D eigenvalue weighted by atomic mass is 10.0. The van der Waals surface area contributed by atoms with Crippen molar-refractivity contribution in [3.05, 3.63) is 53.6 Å². The first kappa shape index (κ1) is 20.5. The van der Waals surface area contributed by atoms with Gasteiger partial charge in [0.15, 0.2) is 11.5 Å². The van der Waals surface area contributed by atoms with E-state index in [-0.39, 0.29) is 0 Å². The van der Waals surface area contributed by atoms with Crippen LogP contribution in [0.3, 0.4) is 0 Å². The lowest BCUT2D eigenvalue weighted by Gasteiger charge is -2.37. The Bertz CT molecular complexity index is 765. The standard InChI is InChI=1S/C23H32N2O3/c1-24(13-11-18-9-10-22(27-2)23(15-18)28-3)20-7-5-12-25(17-20)16-19-6-4-8-21(26)14-19/h4,6,8-10,14-15,20,26H,5,7,11-13,16-17H2,1-3H3. The molecule has 1 fully saturated rings. The van der Waals surface area contributed by atoms with E-state index in [4.69, 9.17) is 9.47 Å². The Balaban J connectivity index is 1.53. The molecule has 1 atom stereocenters. The lowest BCUT2D eigenvalue weighted by Crippen LogP contribution is -2.46. The van der Waals surface area contributed by atoms with Gasteiger partial charge in [-0.2, -0.15) is 0 Å². The van der Waals surface area contributed by atoms with Crippen LogP contribution in [0.5, 0.6) is 17.2 Å². The minimum Gasteiger partial charge on any atom is -0.508 e. The van der Waals surface area contributed by atoms with Crippen molar-refractivity contribution in [1.29, 1.82) is 0 Å². The normalized spacial score (nSPS) is 17.6. The van der Waals surface area contributed by atoms with Crippen LogP contribution in [0.4, 0.5) is 0 Å². The van der Waals surface area contributed by atoms with Gasteiger partial charge in [0.1, 0.15) is 5.75 Å². The molecule has 0 radical (unpaired) electrons. The van der Waals surface area contributed by atoms with Crippen LogP contribution in [0.25, 0.3) is 0 Å². The number of hydrogen-bond acceptors (Lipinski definition) is 5. The molecule has 0 spiro atoms. The first-order valence-electron chi connectivity index (χ1n) is 10.0. The Morgan fingerprint density at radius 2 is 1.89 bits per heavy atom. The van der Waals surface area contributed by atoms with Gasteiger partial charge in [0.2, 0.25) is 0 Å². The molecule has 0 bridgehead atoms. The fourth-order valence-corrected chi connectivity index (χ4v) is 3.97. The minimum atomic E-state index is 0.345. The van der Waals surface area contributed by atoms with Gasteiger partial charge >= 0.3 is 0 Å². The molecule has 3 rings (SSSR count). The highest BCUT2D eigenvalue weighted by atomic mass is 16.5. The van der Waals surface area contributed by atoms with Gasteiger partial charge in [0.05, 0.1) is 14.2 Å². The largest absolute Gasteiger partial charge is 0.508 e. The van der Waals surface area contributed by atoms with Gasteiger partial charge in [-0.05, 0) is 68.2 Å². The van der Waals surface area contributed by atoms with Gasteiger partial charge in [0, 0.05) is 25.7 Å². The minimum absolute atomic E-state index is 0.345. The molecule has 1 N–H and O–H groups in total. The summed E-state index contributed by atoms with van der Waals surface area (Å²) in [5, 5.41) is 9.69. The first-order chi connectivity index (χ1) is 13.6. The molecular formula is C23H32N2O3. The van der Waals surface area contributed by atoms with Crippen molar-refractivity contribution >= 4 is 0 Å². The maximum absolute atomic E-state index is 9.69. The highest BCUT2D eigenvalue weighted by Crippen LogP contribution is 2.28. The quantitative estimate of drug-likeness (QED) is 0.754. The molecule has 1 heterocycles. The summed E-state index contributed by atoms with van der Waals surface area (Å²) in [6.07, 6.45) is 3.43. The van der Waals surface area contributed by atoms with Crippen molar-refractivity contribution in [2.24, 2.45) is 0 Å². The number of aromatic hydroxyl groups is 1. The van der Waals surface area contributed by atoms with Crippen LogP contribution in [0, 0.1) is 0 Å². The smallest absolute Gasteiger partial charge is 0.160 e. The molecule has 28 heavy (non-hydrogen) atoms. The van der Waals surface area contributed by atoms with Crippen molar-refractivity contribution in [3.63, 3.8) is 0 Å². The van der Waals surface area contributed by atoms with Gasteiger partial charge < -0.3 is 19.5 Å². The van der Waals surface area contributed by atoms with Crippen molar-refractivity contribution in [1.82, 2.24) is 9.80 Å². The third-order valence-corrected chi connectivity index (χ3v) is 5.62. The van der Waals surface area contributed by atoms with Gasteiger partial charge in [-0.15, -0.1) is 0 Å². The molecule has 0 aromatic heterocycles. The average Bonchev–Trinajstić information content (AvgIpc) is 2.72. The third-order valence-electron chi connectivity index (χ3n) is 5.62. The summed E-state index contributed by atoms with van der Waals surface area (Å²) in [7, 11) is 5.57. The van der Waals surface area contributed by atoms with Crippen LogP contribution in [0.15, 0.2) is 42.5 Å². The Morgan fingerprint density at radius 3 is 2.64 bits per heavy atom. The van der Waals surface area contributed by atoms with Crippen LogP contribution in [-0.2, 0) is 13.0 Å². The number of likely N-dealkylation sites (tertiary alicyclic amines) is 1. The van der Waals surface area contributed by atoms with Gasteiger partial charge in [-0.25, -0.2) is 0 Å². The highest BCUT2D eigenvalue weighted by Gasteiger charge is 2.23. The molecule has 0 amide bonds. The molecule has 0 aliphatic carbocycles. The zero-order valence-corrected chi connectivity index (χ0v) is 17.2. The fourth-order valence-electron chi connectivity index (χ4n) is 3.97. The number of nitrogens with zero attached hydrogens (tertiary/aromatic N) is 2. The number of piperidine rings is 1. The molecule has 1 aliphatic heterocycles. The monoisotopic (exact) mass is 384 g/mol. The van der Waals surface area contributed by atoms with E-state index in [1.165, 1.54) is 24.0 Å². The van der Waals surface area contributed by atoms with Gasteiger partial charge in [-0.1, -0.05) is 18.2 Å². The zero-order valence-electron chi connectivity index (χ0n) is 17.2. The summed E-state index contributed by atoms with van der Waals surface area (Å²) in [5.74, 6) is 1.91. The summed E-state index contributed by atoms with van der Waals surface area (Å²) in [6, 6.07) is 14.3. The SMILES string of the molecule is COc1ccc(CCN(C)C2CCCN(Cc3cccc(O)c3)C2)cc1OC. The highest BCUT2D eigenvalue weighted by molar-refractivity contribution is 5.42. The van der Waals surface area contributed by atoms with Crippen molar-refractivity contribution in [3.8, 4) is 17.2 Å². The van der Waals surface area contributed by atoms with E-state index >= 15 is 0 Å². The van der Waals surface area contributed by atoms with E-state index < -0.39 is 0 Å². The number of rotatable bonds is 8. The third kappa shape index (κ3) is 5.40. The van der Waals surface area contributed by atoms with E-state index in [0.29, 0.717) is 11.8 Å². The fraction of sp³-hybridized carbons (Fsp3) is 0.478. The molecular weight excluding hydrogens is 352 g/mol. The maximum Gasteiger partial charge on any atom is 0.160 e. The van der Waals surface area contributed by atoms with Crippen LogP contribution < -0.4 is 9.47 Å². The Labute approximate surface area is 168 Å². The first-order valence-corrected chi connectivity index (χ1v) is 10.0. The predicted molar refractivity (Wildman–Crippen MR) is 112 cm³/mol. The molecule has 2 aromatic carbocycles. The Hall–Kier alpha value is -2.24. The molecule has 0 saturated carbocycles. The van der Waals surface area contributed by atoms with Gasteiger partial charge in [-0.3, -0.25) is 4.90 Å². The number of phenols is 1. The lowest BCUT2D eigenvalue weighted by molar-refractivity contribution is 0.112. The molecule has 5 heteroatoms. The molecule has 2 aromatic rings. The number of methoxy groups -OCH3 is 2. The zero-order chi connectivity index (χ0) is 19.9. The van der Waals surface area contributed by atoms with E-state index in [9.17, 15) is 5.11 Å². The molecule has 1 aliphatic rings. The second kappa shape index (κ2) is 9.80. The Morgan fingerprint density at radius 1 is 1.07 bits per heavy atom. The van der Waals surface area contributed by atoms with E-state index in [0.717, 1.165) is 44.1 Å². The molecule has 1 unspecified atom stereocenters. The number of benzene rings is 2. The van der Waals surface area contributed by atoms with Crippen molar-refractivity contribution in [2.45, 2.75) is 31.8 Å². The summed E-state index contributed by atoms with van der Waals surface area (Å²) in [5.41, 5.74) is 2.44. The summed E-state index contributed by atoms with van der Waals surface area (Å²) >= 11 is 0. The van der Waals surface area contributed by atoms with Crippen LogP contribution in [-0.4, -0.2) is 61.8 Å². The van der Waals surface area contributed by atoms with Crippen LogP contribution in [0.1, 0.15) is 24.0 Å². The summed E-state index contributed by atoms with van der Waals surface area (Å²) in [4.78, 5) is 4.97. The van der Waals surface area contributed by atoms with Crippen LogP contribution >= 0.6 is 0 Å². The van der Waals surface area contributed by atoms with E-state index in [1.807, 2.05) is 18.2 Å². The van der Waals surface area contributed by atoms with Crippen molar-refractivity contribution < 1.29 is 14.6 Å². The average molecular weight is 385 g/mol.